The van der Waals surface area contributed by atoms with Crippen molar-refractivity contribution in [1.29, 1.82) is 0 Å². The minimum Gasteiger partial charge on any atom is -0.352 e. The van der Waals surface area contributed by atoms with Gasteiger partial charge in [0.15, 0.2) is 0 Å². The van der Waals surface area contributed by atoms with Gasteiger partial charge in [-0.05, 0) is 30.7 Å². The van der Waals surface area contributed by atoms with Crippen molar-refractivity contribution in [2.75, 3.05) is 17.2 Å². The zero-order chi connectivity index (χ0) is 20.6. The summed E-state index contributed by atoms with van der Waals surface area (Å²) in [4.78, 5) is 28.9. The predicted octanol–water partition coefficient (Wildman–Crippen LogP) is 4.65. The molecule has 3 aromatic rings. The predicted molar refractivity (Wildman–Crippen MR) is 115 cm³/mol. The third-order valence-electron chi connectivity index (χ3n) is 4.06. The molecule has 2 aromatic carbocycles. The highest BCUT2D eigenvalue weighted by molar-refractivity contribution is 6.39. The number of rotatable bonds is 7. The second kappa shape index (κ2) is 9.95. The van der Waals surface area contributed by atoms with Crippen molar-refractivity contribution in [2.24, 2.45) is 0 Å². The Bertz CT molecular complexity index is 972. The van der Waals surface area contributed by atoms with E-state index in [1.54, 1.807) is 55.0 Å². The van der Waals surface area contributed by atoms with Crippen LogP contribution in [0.15, 0.2) is 61.2 Å². The van der Waals surface area contributed by atoms with Gasteiger partial charge in [0.05, 0.1) is 33.3 Å². The molecule has 0 aliphatic carbocycles. The summed E-state index contributed by atoms with van der Waals surface area (Å²) in [5.41, 5.74) is 1.03. The fourth-order valence-electron chi connectivity index (χ4n) is 2.65. The summed E-state index contributed by atoms with van der Waals surface area (Å²) in [5.74, 6) is -0.276. The van der Waals surface area contributed by atoms with Gasteiger partial charge in [-0.3, -0.25) is 4.79 Å². The average molecular weight is 432 g/mol. The minimum absolute atomic E-state index is 0.276. The van der Waals surface area contributed by atoms with Crippen molar-refractivity contribution in [1.82, 2.24) is 14.9 Å². The molecule has 0 aliphatic rings. The third-order valence-corrected chi connectivity index (χ3v) is 4.69. The van der Waals surface area contributed by atoms with E-state index in [1.807, 2.05) is 10.8 Å². The Morgan fingerprint density at radius 1 is 1.00 bits per heavy atom. The Hall–Kier alpha value is -3.03. The third kappa shape index (κ3) is 5.73. The van der Waals surface area contributed by atoms with Crippen molar-refractivity contribution in [2.45, 2.75) is 13.0 Å². The molecule has 0 spiro atoms. The first-order valence-electron chi connectivity index (χ1n) is 8.89. The number of para-hydroxylation sites is 2. The summed E-state index contributed by atoms with van der Waals surface area (Å²) in [6, 6.07) is 11.1. The van der Waals surface area contributed by atoms with Crippen LogP contribution in [0.2, 0.25) is 10.0 Å². The summed E-state index contributed by atoms with van der Waals surface area (Å²) >= 11 is 12.1. The van der Waals surface area contributed by atoms with Gasteiger partial charge in [-0.2, -0.15) is 0 Å². The van der Waals surface area contributed by atoms with Crippen LogP contribution < -0.4 is 16.0 Å². The maximum Gasteiger partial charge on any atom is 0.323 e. The second-order valence-electron chi connectivity index (χ2n) is 6.13. The van der Waals surface area contributed by atoms with Crippen molar-refractivity contribution in [3.63, 3.8) is 0 Å². The number of anilines is 2. The van der Waals surface area contributed by atoms with Crippen molar-refractivity contribution in [3.8, 4) is 0 Å². The Labute approximate surface area is 178 Å². The standard InChI is InChI=1S/C20H19Cl2N5O2/c21-15-6-3-7-16(22)18(15)26-20(29)25-17-8-2-1-5-14(17)19(28)24-9-4-11-27-12-10-23-13-27/h1-3,5-8,10,12-13H,4,9,11H2,(H,24,28)(H2,25,26,29). The van der Waals surface area contributed by atoms with E-state index in [1.165, 1.54) is 0 Å². The number of benzene rings is 2. The maximum atomic E-state index is 12.5. The first-order chi connectivity index (χ1) is 14.0. The highest BCUT2D eigenvalue weighted by atomic mass is 35.5. The van der Waals surface area contributed by atoms with Crippen LogP contribution in [0, 0.1) is 0 Å². The highest BCUT2D eigenvalue weighted by Crippen LogP contribution is 2.30. The molecule has 29 heavy (non-hydrogen) atoms. The number of hydrogen-bond donors (Lipinski definition) is 3. The highest BCUT2D eigenvalue weighted by Gasteiger charge is 2.14. The molecule has 0 bridgehead atoms. The molecule has 0 unspecified atom stereocenters. The maximum absolute atomic E-state index is 12.5. The van der Waals surface area contributed by atoms with Crippen LogP contribution >= 0.6 is 23.2 Å². The SMILES string of the molecule is O=C(Nc1ccccc1C(=O)NCCCn1ccnc1)Nc1c(Cl)cccc1Cl. The Kier molecular flexibility index (Phi) is 7.10. The van der Waals surface area contributed by atoms with Gasteiger partial charge in [0.2, 0.25) is 0 Å². The number of urea groups is 1. The number of amides is 3. The summed E-state index contributed by atoms with van der Waals surface area (Å²) in [6.07, 6.45) is 6.06. The number of nitrogens with zero attached hydrogens (tertiary/aromatic N) is 2. The van der Waals surface area contributed by atoms with Crippen LogP contribution in [-0.2, 0) is 6.54 Å². The molecule has 7 nitrogen and oxygen atoms in total. The number of carbonyl (C=O) groups excluding carboxylic acids is 2. The number of aryl methyl sites for hydroxylation is 1. The fraction of sp³-hybridized carbons (Fsp3) is 0.150. The zero-order valence-corrected chi connectivity index (χ0v) is 16.9. The van der Waals surface area contributed by atoms with Gasteiger partial charge in [-0.1, -0.05) is 41.4 Å². The average Bonchev–Trinajstić information content (AvgIpc) is 3.22. The smallest absolute Gasteiger partial charge is 0.323 e. The monoisotopic (exact) mass is 431 g/mol. The molecule has 1 aromatic heterocycles. The number of nitrogens with one attached hydrogen (secondary N) is 3. The molecule has 3 rings (SSSR count). The minimum atomic E-state index is -0.555. The number of halogens is 2. The number of hydrogen-bond acceptors (Lipinski definition) is 3. The first kappa shape index (κ1) is 20.7. The van der Waals surface area contributed by atoms with Crippen LogP contribution in [0.5, 0.6) is 0 Å². The van der Waals surface area contributed by atoms with Crippen LogP contribution in [0.1, 0.15) is 16.8 Å². The van der Waals surface area contributed by atoms with Gasteiger partial charge < -0.3 is 20.5 Å². The molecular weight excluding hydrogens is 413 g/mol. The van der Waals surface area contributed by atoms with Crippen molar-refractivity contribution in [3.05, 3.63) is 76.8 Å². The largest absolute Gasteiger partial charge is 0.352 e. The molecule has 1 heterocycles. The number of aromatic nitrogens is 2. The lowest BCUT2D eigenvalue weighted by atomic mass is 10.1. The van der Waals surface area contributed by atoms with Crippen LogP contribution in [0.25, 0.3) is 0 Å². The van der Waals surface area contributed by atoms with E-state index in [-0.39, 0.29) is 5.91 Å². The Morgan fingerprint density at radius 2 is 1.76 bits per heavy atom. The van der Waals surface area contributed by atoms with Crippen LogP contribution in [0.3, 0.4) is 0 Å². The van der Waals surface area contributed by atoms with E-state index in [0.29, 0.717) is 33.5 Å². The van der Waals surface area contributed by atoms with E-state index in [9.17, 15) is 9.59 Å². The zero-order valence-electron chi connectivity index (χ0n) is 15.4. The van der Waals surface area contributed by atoms with E-state index >= 15 is 0 Å². The molecule has 150 valence electrons. The number of carbonyl (C=O) groups is 2. The first-order valence-corrected chi connectivity index (χ1v) is 9.65. The molecule has 0 atom stereocenters. The molecule has 0 saturated carbocycles. The summed E-state index contributed by atoms with van der Waals surface area (Å²) in [6.45, 7) is 1.24. The lowest BCUT2D eigenvalue weighted by Gasteiger charge is -2.13. The van der Waals surface area contributed by atoms with Gasteiger partial charge >= 0.3 is 6.03 Å². The molecule has 3 amide bonds. The summed E-state index contributed by atoms with van der Waals surface area (Å²) in [5, 5.41) is 8.76. The summed E-state index contributed by atoms with van der Waals surface area (Å²) in [7, 11) is 0. The normalized spacial score (nSPS) is 10.4. The summed E-state index contributed by atoms with van der Waals surface area (Å²) < 4.78 is 1.94. The molecule has 0 saturated heterocycles. The molecule has 0 aliphatic heterocycles. The van der Waals surface area contributed by atoms with E-state index in [2.05, 4.69) is 20.9 Å². The van der Waals surface area contributed by atoms with Gasteiger partial charge in [-0.25, -0.2) is 9.78 Å². The molecule has 0 radical (unpaired) electrons. The fourth-order valence-corrected chi connectivity index (χ4v) is 3.14. The number of imidazole rings is 1. The lowest BCUT2D eigenvalue weighted by molar-refractivity contribution is 0.0953. The van der Waals surface area contributed by atoms with Crippen LogP contribution in [-0.4, -0.2) is 28.0 Å². The van der Waals surface area contributed by atoms with E-state index < -0.39 is 6.03 Å². The van der Waals surface area contributed by atoms with Crippen molar-refractivity contribution >= 4 is 46.5 Å². The Balaban J connectivity index is 1.59. The van der Waals surface area contributed by atoms with Gasteiger partial charge in [-0.15, -0.1) is 0 Å². The lowest BCUT2D eigenvalue weighted by Crippen LogP contribution is -2.27. The molecule has 9 heteroatoms. The topological polar surface area (TPSA) is 88.1 Å². The van der Waals surface area contributed by atoms with Gasteiger partial charge in [0, 0.05) is 25.5 Å². The van der Waals surface area contributed by atoms with Crippen LogP contribution in [0.4, 0.5) is 16.2 Å². The van der Waals surface area contributed by atoms with E-state index in [4.69, 9.17) is 23.2 Å². The van der Waals surface area contributed by atoms with E-state index in [0.717, 1.165) is 13.0 Å². The second-order valence-corrected chi connectivity index (χ2v) is 6.95. The van der Waals surface area contributed by atoms with Gasteiger partial charge in [0.1, 0.15) is 0 Å². The quantitative estimate of drug-likeness (QED) is 0.475. The van der Waals surface area contributed by atoms with Crippen molar-refractivity contribution < 1.29 is 9.59 Å². The molecular formula is C20H19Cl2N5O2. The Morgan fingerprint density at radius 3 is 2.48 bits per heavy atom. The molecule has 3 N–H and O–H groups in total. The van der Waals surface area contributed by atoms with Gasteiger partial charge in [0.25, 0.3) is 5.91 Å². The molecule has 0 fully saturated rings.